The molecular weight excluding hydrogens is 123 g/mol. The molecule has 0 unspecified atom stereocenters. The van der Waals surface area contributed by atoms with Gasteiger partial charge in [0.25, 0.3) is 5.56 Å². The van der Waals surface area contributed by atoms with Crippen molar-refractivity contribution in [3.63, 3.8) is 0 Å². The van der Waals surface area contributed by atoms with Gasteiger partial charge in [-0.25, -0.2) is 9.37 Å². The van der Waals surface area contributed by atoms with Gasteiger partial charge in [-0.1, -0.05) is 0 Å². The molecule has 1 heterocycles. The van der Waals surface area contributed by atoms with Crippen LogP contribution in [-0.2, 0) is 6.67 Å². The molecule has 0 atom stereocenters. The van der Waals surface area contributed by atoms with E-state index >= 15 is 0 Å². The molecule has 48 valence electrons. The number of halogens is 1. The summed E-state index contributed by atoms with van der Waals surface area (Å²) >= 11 is 0. The monoisotopic (exact) mass is 128 g/mol. The summed E-state index contributed by atoms with van der Waals surface area (Å²) in [5, 5.41) is 0. The fourth-order valence-corrected chi connectivity index (χ4v) is 0.482. The van der Waals surface area contributed by atoms with Gasteiger partial charge in [0.2, 0.25) is 0 Å². The van der Waals surface area contributed by atoms with Gasteiger partial charge in [0.1, 0.15) is 6.67 Å². The van der Waals surface area contributed by atoms with Crippen molar-refractivity contribution in [2.45, 2.75) is 6.67 Å². The molecule has 0 fully saturated rings. The lowest BCUT2D eigenvalue weighted by molar-refractivity contribution is 0.475. The summed E-state index contributed by atoms with van der Waals surface area (Å²) in [5.74, 6) is 0. The molecular formula is C5H5FN2O. The summed E-state index contributed by atoms with van der Waals surface area (Å²) in [6, 6.07) is 1.12. The third-order valence-corrected chi connectivity index (χ3v) is 0.872. The lowest BCUT2D eigenvalue weighted by Gasteiger charge is -1.86. The average molecular weight is 128 g/mol. The summed E-state index contributed by atoms with van der Waals surface area (Å²) in [6.07, 6.45) is 1.18. The maximum atomic E-state index is 11.7. The van der Waals surface area contributed by atoms with Crippen LogP contribution in [0.1, 0.15) is 5.69 Å². The predicted molar refractivity (Wildman–Crippen MR) is 29.7 cm³/mol. The minimum absolute atomic E-state index is 0.166. The third kappa shape index (κ3) is 1.35. The van der Waals surface area contributed by atoms with Crippen LogP contribution in [0.4, 0.5) is 4.39 Å². The molecule has 1 aromatic rings. The first-order chi connectivity index (χ1) is 4.33. The van der Waals surface area contributed by atoms with Crippen LogP contribution >= 0.6 is 0 Å². The number of aromatic amines is 1. The number of nitrogens with one attached hydrogen (secondary N) is 1. The molecule has 1 aromatic heterocycles. The summed E-state index contributed by atoms with van der Waals surface area (Å²) in [6.45, 7) is -0.691. The van der Waals surface area contributed by atoms with E-state index in [0.717, 1.165) is 6.07 Å². The first kappa shape index (κ1) is 5.94. The lowest BCUT2D eigenvalue weighted by Crippen LogP contribution is -2.05. The van der Waals surface area contributed by atoms with E-state index in [1.54, 1.807) is 0 Å². The zero-order valence-electron chi connectivity index (χ0n) is 4.60. The second-order valence-electron chi connectivity index (χ2n) is 1.54. The molecule has 0 bridgehead atoms. The summed E-state index contributed by atoms with van der Waals surface area (Å²) < 4.78 is 11.7. The number of aromatic nitrogens is 2. The molecule has 0 aliphatic rings. The van der Waals surface area contributed by atoms with Gasteiger partial charge < -0.3 is 4.98 Å². The highest BCUT2D eigenvalue weighted by atomic mass is 19.1. The largest absolute Gasteiger partial charge is 0.313 e. The topological polar surface area (TPSA) is 45.8 Å². The van der Waals surface area contributed by atoms with Crippen LogP contribution in [-0.4, -0.2) is 9.97 Å². The first-order valence-electron chi connectivity index (χ1n) is 2.42. The Hall–Kier alpha value is -1.19. The van der Waals surface area contributed by atoms with Gasteiger partial charge >= 0.3 is 0 Å². The van der Waals surface area contributed by atoms with E-state index in [4.69, 9.17) is 0 Å². The molecule has 0 saturated carbocycles. The van der Waals surface area contributed by atoms with Crippen molar-refractivity contribution in [2.75, 3.05) is 0 Å². The summed E-state index contributed by atoms with van der Waals surface area (Å²) in [5.41, 5.74) is -0.156. The van der Waals surface area contributed by atoms with Gasteiger partial charge in [-0.3, -0.25) is 4.79 Å². The van der Waals surface area contributed by atoms with E-state index in [-0.39, 0.29) is 11.3 Å². The van der Waals surface area contributed by atoms with E-state index < -0.39 is 6.67 Å². The number of nitrogens with zero attached hydrogens (tertiary/aromatic N) is 1. The van der Waals surface area contributed by atoms with Crippen molar-refractivity contribution in [3.05, 3.63) is 28.4 Å². The van der Waals surface area contributed by atoms with E-state index in [2.05, 4.69) is 9.97 Å². The van der Waals surface area contributed by atoms with Crippen LogP contribution in [0.15, 0.2) is 17.2 Å². The normalized spacial score (nSPS) is 9.44. The first-order valence-corrected chi connectivity index (χ1v) is 2.42. The summed E-state index contributed by atoms with van der Waals surface area (Å²) in [4.78, 5) is 16.2. The van der Waals surface area contributed by atoms with Gasteiger partial charge in [0.15, 0.2) is 0 Å². The highest BCUT2D eigenvalue weighted by Crippen LogP contribution is 1.87. The van der Waals surface area contributed by atoms with Gasteiger partial charge in [0.05, 0.1) is 12.0 Å². The zero-order chi connectivity index (χ0) is 6.69. The van der Waals surface area contributed by atoms with Gasteiger partial charge in [-0.05, 0) is 0 Å². The SMILES string of the molecule is O=c1cc(CF)nc[nH]1. The Morgan fingerprint density at radius 1 is 1.78 bits per heavy atom. The van der Waals surface area contributed by atoms with Crippen LogP contribution in [0.25, 0.3) is 0 Å². The van der Waals surface area contributed by atoms with Crippen molar-refractivity contribution in [2.24, 2.45) is 0 Å². The molecule has 4 heteroatoms. The second kappa shape index (κ2) is 2.39. The fourth-order valence-electron chi connectivity index (χ4n) is 0.482. The van der Waals surface area contributed by atoms with E-state index in [9.17, 15) is 9.18 Å². The van der Waals surface area contributed by atoms with Crippen molar-refractivity contribution in [3.8, 4) is 0 Å². The maximum Gasteiger partial charge on any atom is 0.250 e. The van der Waals surface area contributed by atoms with E-state index in [1.165, 1.54) is 6.33 Å². The molecule has 3 nitrogen and oxygen atoms in total. The molecule has 0 aromatic carbocycles. The van der Waals surface area contributed by atoms with E-state index in [1.807, 2.05) is 0 Å². The Balaban J connectivity index is 3.08. The Morgan fingerprint density at radius 3 is 3.00 bits per heavy atom. The molecule has 9 heavy (non-hydrogen) atoms. The Kier molecular flexibility index (Phi) is 1.58. The van der Waals surface area contributed by atoms with Crippen LogP contribution < -0.4 is 5.56 Å². The highest BCUT2D eigenvalue weighted by molar-refractivity contribution is 4.95. The molecule has 0 spiro atoms. The van der Waals surface area contributed by atoms with Gasteiger partial charge in [-0.2, -0.15) is 0 Å². The minimum atomic E-state index is -0.691. The minimum Gasteiger partial charge on any atom is -0.313 e. The molecule has 0 radical (unpaired) electrons. The van der Waals surface area contributed by atoms with Crippen LogP contribution in [0.2, 0.25) is 0 Å². The van der Waals surface area contributed by atoms with Crippen molar-refractivity contribution in [1.29, 1.82) is 0 Å². The number of alkyl halides is 1. The van der Waals surface area contributed by atoms with Crippen LogP contribution in [0.3, 0.4) is 0 Å². The van der Waals surface area contributed by atoms with E-state index in [0.29, 0.717) is 0 Å². The second-order valence-corrected chi connectivity index (χ2v) is 1.54. The Bertz CT molecular complexity index is 245. The average Bonchev–Trinajstić information content (AvgIpc) is 1.88. The standard InChI is InChI=1S/C5H5FN2O/c6-2-4-1-5(9)8-3-7-4/h1,3H,2H2,(H,7,8,9). The number of hydrogen-bond acceptors (Lipinski definition) is 2. The third-order valence-electron chi connectivity index (χ3n) is 0.872. The lowest BCUT2D eigenvalue weighted by atomic mass is 10.4. The molecule has 1 rings (SSSR count). The fraction of sp³-hybridized carbons (Fsp3) is 0.200. The highest BCUT2D eigenvalue weighted by Gasteiger charge is 1.90. The van der Waals surface area contributed by atoms with Crippen LogP contribution in [0, 0.1) is 0 Å². The number of H-pyrrole nitrogens is 1. The van der Waals surface area contributed by atoms with Gasteiger partial charge in [-0.15, -0.1) is 0 Å². The van der Waals surface area contributed by atoms with Gasteiger partial charge in [0, 0.05) is 6.07 Å². The maximum absolute atomic E-state index is 11.7. The van der Waals surface area contributed by atoms with Crippen molar-refractivity contribution in [1.82, 2.24) is 9.97 Å². The zero-order valence-corrected chi connectivity index (χ0v) is 4.60. The molecule has 0 amide bonds. The van der Waals surface area contributed by atoms with Crippen LogP contribution in [0.5, 0.6) is 0 Å². The van der Waals surface area contributed by atoms with Crippen molar-refractivity contribution < 1.29 is 4.39 Å². The molecule has 0 aliphatic carbocycles. The summed E-state index contributed by atoms with van der Waals surface area (Å²) in [7, 11) is 0. The molecule has 0 saturated heterocycles. The molecule has 1 N–H and O–H groups in total. The molecule has 0 aliphatic heterocycles. The predicted octanol–water partition coefficient (Wildman–Crippen LogP) is 0.239. The number of hydrogen-bond donors (Lipinski definition) is 1. The smallest absolute Gasteiger partial charge is 0.250 e. The number of rotatable bonds is 1. The van der Waals surface area contributed by atoms with Crippen molar-refractivity contribution >= 4 is 0 Å². The Morgan fingerprint density at radius 2 is 2.56 bits per heavy atom. The Labute approximate surface area is 50.6 Å². The quantitative estimate of drug-likeness (QED) is 0.588.